The molecule has 1 heterocycles. The Morgan fingerprint density at radius 3 is 2.77 bits per heavy atom. The summed E-state index contributed by atoms with van der Waals surface area (Å²) in [5.41, 5.74) is 2.35. The van der Waals surface area contributed by atoms with Crippen molar-refractivity contribution in [3.05, 3.63) is 34.2 Å². The molecule has 0 fully saturated rings. The first kappa shape index (κ1) is 8.45. The van der Waals surface area contributed by atoms with Crippen molar-refractivity contribution in [3.8, 4) is 0 Å². The van der Waals surface area contributed by atoms with Crippen LogP contribution in [0.1, 0.15) is 20.8 Å². The van der Waals surface area contributed by atoms with E-state index in [0.29, 0.717) is 0 Å². The van der Waals surface area contributed by atoms with Crippen LogP contribution in [-0.4, -0.2) is 6.29 Å². The summed E-state index contributed by atoms with van der Waals surface area (Å²) < 4.78 is 1.21. The highest BCUT2D eigenvalue weighted by Crippen LogP contribution is 2.29. The summed E-state index contributed by atoms with van der Waals surface area (Å²) in [5.74, 6) is 0. The Hall–Kier alpha value is -1.15. The van der Waals surface area contributed by atoms with Gasteiger partial charge in [-0.3, -0.25) is 4.79 Å². The van der Waals surface area contributed by atoms with Crippen LogP contribution in [0.5, 0.6) is 0 Å². The zero-order valence-electron chi connectivity index (χ0n) is 7.63. The number of carbonyl (C=O) groups is 1. The maximum absolute atomic E-state index is 10.7. The van der Waals surface area contributed by atoms with Crippen LogP contribution in [0.3, 0.4) is 0 Å². The smallest absolute Gasteiger partial charge is 0.160 e. The maximum Gasteiger partial charge on any atom is 0.160 e. The highest BCUT2D eigenvalue weighted by molar-refractivity contribution is 7.20. The van der Waals surface area contributed by atoms with Crippen LogP contribution in [0.15, 0.2) is 18.2 Å². The summed E-state index contributed by atoms with van der Waals surface area (Å²) in [6.07, 6.45) is 0.940. The number of fused-ring (bicyclic) bond motifs is 1. The standard InChI is InChI=1S/C11H10OS/c1-7-3-4-9-8(2)11(6-12)13-10(9)5-7/h3-6H,1-2H3. The van der Waals surface area contributed by atoms with Crippen molar-refractivity contribution in [2.45, 2.75) is 13.8 Å². The monoisotopic (exact) mass is 190 g/mol. The van der Waals surface area contributed by atoms with Crippen molar-refractivity contribution in [1.29, 1.82) is 0 Å². The summed E-state index contributed by atoms with van der Waals surface area (Å²) >= 11 is 1.57. The highest BCUT2D eigenvalue weighted by Gasteiger charge is 2.06. The van der Waals surface area contributed by atoms with Crippen molar-refractivity contribution in [3.63, 3.8) is 0 Å². The first-order chi connectivity index (χ1) is 6.22. The van der Waals surface area contributed by atoms with Crippen LogP contribution in [-0.2, 0) is 0 Å². The molecule has 66 valence electrons. The Bertz CT molecular complexity index is 468. The van der Waals surface area contributed by atoms with Gasteiger partial charge in [-0.25, -0.2) is 0 Å². The van der Waals surface area contributed by atoms with Gasteiger partial charge in [-0.05, 0) is 36.4 Å². The van der Waals surface area contributed by atoms with Crippen molar-refractivity contribution < 1.29 is 4.79 Å². The molecule has 0 amide bonds. The van der Waals surface area contributed by atoms with Crippen LogP contribution >= 0.6 is 11.3 Å². The third-order valence-electron chi connectivity index (χ3n) is 2.24. The molecule has 0 bridgehead atoms. The molecule has 0 unspecified atom stereocenters. The van der Waals surface area contributed by atoms with Gasteiger partial charge in [0.05, 0.1) is 4.88 Å². The van der Waals surface area contributed by atoms with Gasteiger partial charge in [0.25, 0.3) is 0 Å². The van der Waals surface area contributed by atoms with Gasteiger partial charge in [0, 0.05) is 4.70 Å². The van der Waals surface area contributed by atoms with Crippen LogP contribution in [0.4, 0.5) is 0 Å². The fourth-order valence-electron chi connectivity index (χ4n) is 1.46. The van der Waals surface area contributed by atoms with E-state index in [-0.39, 0.29) is 0 Å². The normalized spacial score (nSPS) is 10.6. The quantitative estimate of drug-likeness (QED) is 0.630. The molecule has 1 aromatic carbocycles. The number of benzene rings is 1. The van der Waals surface area contributed by atoms with Gasteiger partial charge in [0.2, 0.25) is 0 Å². The van der Waals surface area contributed by atoms with Gasteiger partial charge >= 0.3 is 0 Å². The summed E-state index contributed by atoms with van der Waals surface area (Å²) in [6, 6.07) is 6.29. The van der Waals surface area contributed by atoms with E-state index in [4.69, 9.17) is 0 Å². The first-order valence-electron chi connectivity index (χ1n) is 4.17. The van der Waals surface area contributed by atoms with Crippen LogP contribution < -0.4 is 0 Å². The number of hydrogen-bond acceptors (Lipinski definition) is 2. The summed E-state index contributed by atoms with van der Waals surface area (Å²) in [5, 5.41) is 1.21. The molecular formula is C11H10OS. The molecule has 0 aliphatic rings. The van der Waals surface area contributed by atoms with Gasteiger partial charge in [0.1, 0.15) is 0 Å². The second-order valence-corrected chi connectivity index (χ2v) is 4.29. The topological polar surface area (TPSA) is 17.1 Å². The average molecular weight is 190 g/mol. The molecule has 2 heteroatoms. The third kappa shape index (κ3) is 1.27. The van der Waals surface area contributed by atoms with Gasteiger partial charge in [-0.1, -0.05) is 12.1 Å². The Kier molecular flexibility index (Phi) is 1.93. The van der Waals surface area contributed by atoms with E-state index in [1.807, 2.05) is 6.92 Å². The summed E-state index contributed by atoms with van der Waals surface area (Å²) in [6.45, 7) is 4.06. The van der Waals surface area contributed by atoms with Crippen LogP contribution in [0.25, 0.3) is 10.1 Å². The second kappa shape index (κ2) is 2.96. The minimum Gasteiger partial charge on any atom is -0.297 e. The van der Waals surface area contributed by atoms with Crippen LogP contribution in [0.2, 0.25) is 0 Å². The van der Waals surface area contributed by atoms with Crippen LogP contribution in [0, 0.1) is 13.8 Å². The Balaban J connectivity index is 2.83. The molecule has 2 rings (SSSR count). The first-order valence-corrected chi connectivity index (χ1v) is 4.99. The van der Waals surface area contributed by atoms with E-state index in [1.165, 1.54) is 15.6 Å². The Morgan fingerprint density at radius 1 is 1.31 bits per heavy atom. The molecule has 0 spiro atoms. The zero-order valence-corrected chi connectivity index (χ0v) is 8.44. The van der Waals surface area contributed by atoms with E-state index in [2.05, 4.69) is 25.1 Å². The van der Waals surface area contributed by atoms with Gasteiger partial charge in [0.15, 0.2) is 6.29 Å². The molecule has 0 saturated heterocycles. The van der Waals surface area contributed by atoms with E-state index < -0.39 is 0 Å². The van der Waals surface area contributed by atoms with E-state index in [1.54, 1.807) is 11.3 Å². The molecule has 0 aliphatic carbocycles. The molecule has 1 nitrogen and oxygen atoms in total. The highest BCUT2D eigenvalue weighted by atomic mass is 32.1. The number of carbonyl (C=O) groups excluding carboxylic acids is 1. The SMILES string of the molecule is Cc1ccc2c(C)c(C=O)sc2c1. The average Bonchev–Trinajstić information content (AvgIpc) is 2.42. The van der Waals surface area contributed by atoms with Crippen molar-refractivity contribution in [1.82, 2.24) is 0 Å². The molecule has 0 atom stereocenters. The molecule has 1 aromatic heterocycles. The van der Waals surface area contributed by atoms with Crippen molar-refractivity contribution in [2.75, 3.05) is 0 Å². The fourth-order valence-corrected chi connectivity index (χ4v) is 2.59. The molecule has 0 radical (unpaired) electrons. The molecule has 0 N–H and O–H groups in total. The number of thiophene rings is 1. The lowest BCUT2D eigenvalue weighted by molar-refractivity contribution is 0.112. The summed E-state index contributed by atoms with van der Waals surface area (Å²) in [4.78, 5) is 11.5. The molecule has 0 saturated carbocycles. The zero-order chi connectivity index (χ0) is 9.42. The predicted molar refractivity (Wildman–Crippen MR) is 56.7 cm³/mol. The van der Waals surface area contributed by atoms with E-state index >= 15 is 0 Å². The summed E-state index contributed by atoms with van der Waals surface area (Å²) in [7, 11) is 0. The molecular weight excluding hydrogens is 180 g/mol. The largest absolute Gasteiger partial charge is 0.297 e. The lowest BCUT2D eigenvalue weighted by Crippen LogP contribution is -1.75. The minimum atomic E-state index is 0.848. The number of aryl methyl sites for hydroxylation is 2. The van der Waals surface area contributed by atoms with Crippen molar-refractivity contribution in [2.24, 2.45) is 0 Å². The minimum absolute atomic E-state index is 0.848. The van der Waals surface area contributed by atoms with Gasteiger partial charge in [-0.15, -0.1) is 11.3 Å². The predicted octanol–water partition coefficient (Wildman–Crippen LogP) is 3.33. The fraction of sp³-hybridized carbons (Fsp3) is 0.182. The Morgan fingerprint density at radius 2 is 2.08 bits per heavy atom. The maximum atomic E-state index is 10.7. The van der Waals surface area contributed by atoms with Gasteiger partial charge < -0.3 is 0 Å². The van der Waals surface area contributed by atoms with E-state index in [0.717, 1.165) is 16.7 Å². The van der Waals surface area contributed by atoms with E-state index in [9.17, 15) is 4.79 Å². The third-order valence-corrected chi connectivity index (χ3v) is 3.42. The lowest BCUT2D eigenvalue weighted by atomic mass is 10.1. The van der Waals surface area contributed by atoms with Crippen molar-refractivity contribution >= 4 is 27.7 Å². The second-order valence-electron chi connectivity index (χ2n) is 3.21. The molecule has 13 heavy (non-hydrogen) atoms. The molecule has 2 aromatic rings. The Labute approximate surface area is 81.0 Å². The number of hydrogen-bond donors (Lipinski definition) is 0. The number of aldehydes is 1. The number of rotatable bonds is 1. The molecule has 0 aliphatic heterocycles. The lowest BCUT2D eigenvalue weighted by Gasteiger charge is -1.92. The van der Waals surface area contributed by atoms with Gasteiger partial charge in [-0.2, -0.15) is 0 Å².